The number of amides is 2. The number of nitrogens with zero attached hydrogens (tertiary/aromatic N) is 1. The number of anilines is 1. The standard InChI is InChI=1S/C18H18FN3O4S/c1-22(2)18(24)11-4-3-5-12(10-11)27(25,26)21-15-7-6-14-13(16(15)19)8-9-20-17(14)23/h3-7,10,21H,8-9H2,1-2H3,(H,20,23). The van der Waals surface area contributed by atoms with E-state index >= 15 is 0 Å². The van der Waals surface area contributed by atoms with Gasteiger partial charge in [0.2, 0.25) is 0 Å². The number of fused-ring (bicyclic) bond motifs is 1. The molecule has 7 nitrogen and oxygen atoms in total. The number of carbonyl (C=O) groups is 2. The summed E-state index contributed by atoms with van der Waals surface area (Å²) in [6.45, 7) is 0.285. The average molecular weight is 391 g/mol. The molecule has 27 heavy (non-hydrogen) atoms. The molecule has 0 saturated heterocycles. The third kappa shape index (κ3) is 3.63. The molecular weight excluding hydrogens is 373 g/mol. The molecule has 142 valence electrons. The first-order chi connectivity index (χ1) is 12.7. The molecule has 9 heteroatoms. The summed E-state index contributed by atoms with van der Waals surface area (Å²) in [7, 11) is -1.01. The summed E-state index contributed by atoms with van der Waals surface area (Å²) in [4.78, 5) is 25.0. The second kappa shape index (κ2) is 6.99. The minimum Gasteiger partial charge on any atom is -0.352 e. The van der Waals surface area contributed by atoms with Gasteiger partial charge in [-0.25, -0.2) is 12.8 Å². The lowest BCUT2D eigenvalue weighted by atomic mass is 9.99. The molecule has 3 rings (SSSR count). The van der Waals surface area contributed by atoms with Crippen LogP contribution in [-0.4, -0.2) is 45.8 Å². The SMILES string of the molecule is CN(C)C(=O)c1cccc(S(=O)(=O)Nc2ccc3c(c2F)CCNC3=O)c1. The molecule has 1 aliphatic rings. The summed E-state index contributed by atoms with van der Waals surface area (Å²) in [5.41, 5.74) is 0.328. The van der Waals surface area contributed by atoms with Gasteiger partial charge in [-0.05, 0) is 36.8 Å². The van der Waals surface area contributed by atoms with E-state index in [-0.39, 0.29) is 52.1 Å². The average Bonchev–Trinajstić information content (AvgIpc) is 2.64. The quantitative estimate of drug-likeness (QED) is 0.828. The van der Waals surface area contributed by atoms with E-state index in [1.807, 2.05) is 0 Å². The normalized spacial score (nSPS) is 13.5. The number of halogens is 1. The molecule has 1 heterocycles. The Morgan fingerprint density at radius 1 is 1.22 bits per heavy atom. The van der Waals surface area contributed by atoms with Crippen molar-refractivity contribution in [3.05, 3.63) is 58.9 Å². The fourth-order valence-electron chi connectivity index (χ4n) is 2.81. The summed E-state index contributed by atoms with van der Waals surface area (Å²) in [6.07, 6.45) is 0.273. The minimum atomic E-state index is -4.12. The third-order valence-corrected chi connectivity index (χ3v) is 5.55. The predicted octanol–water partition coefficient (Wildman–Crippen LogP) is 1.61. The summed E-state index contributed by atoms with van der Waals surface area (Å²) in [5, 5.41) is 2.60. The van der Waals surface area contributed by atoms with Crippen molar-refractivity contribution in [1.82, 2.24) is 10.2 Å². The first kappa shape index (κ1) is 18.8. The van der Waals surface area contributed by atoms with Gasteiger partial charge in [0, 0.05) is 37.3 Å². The van der Waals surface area contributed by atoms with E-state index in [9.17, 15) is 22.4 Å². The van der Waals surface area contributed by atoms with Crippen LogP contribution < -0.4 is 10.0 Å². The molecule has 2 amide bonds. The zero-order valence-corrected chi connectivity index (χ0v) is 15.6. The molecule has 0 aromatic heterocycles. The summed E-state index contributed by atoms with van der Waals surface area (Å²) in [5.74, 6) is -1.51. The Morgan fingerprint density at radius 2 is 1.96 bits per heavy atom. The lowest BCUT2D eigenvalue weighted by Crippen LogP contribution is -2.32. The molecule has 0 radical (unpaired) electrons. The lowest BCUT2D eigenvalue weighted by molar-refractivity contribution is 0.0827. The Kier molecular flexibility index (Phi) is 4.88. The predicted molar refractivity (Wildman–Crippen MR) is 97.7 cm³/mol. The second-order valence-electron chi connectivity index (χ2n) is 6.29. The Balaban J connectivity index is 1.95. The van der Waals surface area contributed by atoms with Gasteiger partial charge in [0.1, 0.15) is 0 Å². The Bertz CT molecular complexity index is 1030. The van der Waals surface area contributed by atoms with Crippen LogP contribution in [-0.2, 0) is 16.4 Å². The highest BCUT2D eigenvalue weighted by Crippen LogP contribution is 2.26. The van der Waals surface area contributed by atoms with E-state index in [0.717, 1.165) is 0 Å². The molecule has 0 bridgehead atoms. The van der Waals surface area contributed by atoms with Crippen molar-refractivity contribution in [3.63, 3.8) is 0 Å². The molecule has 2 aromatic carbocycles. The third-order valence-electron chi connectivity index (χ3n) is 4.19. The maximum atomic E-state index is 14.7. The van der Waals surface area contributed by atoms with Crippen molar-refractivity contribution in [2.45, 2.75) is 11.3 Å². The van der Waals surface area contributed by atoms with Gasteiger partial charge in [0.25, 0.3) is 21.8 Å². The zero-order chi connectivity index (χ0) is 19.8. The van der Waals surface area contributed by atoms with Crippen molar-refractivity contribution in [2.75, 3.05) is 25.4 Å². The molecule has 2 N–H and O–H groups in total. The van der Waals surface area contributed by atoms with E-state index in [2.05, 4.69) is 10.0 Å². The van der Waals surface area contributed by atoms with Gasteiger partial charge >= 0.3 is 0 Å². The molecule has 1 aliphatic heterocycles. The van der Waals surface area contributed by atoms with Gasteiger partial charge in [-0.3, -0.25) is 14.3 Å². The highest BCUT2D eigenvalue weighted by molar-refractivity contribution is 7.92. The smallest absolute Gasteiger partial charge is 0.262 e. The fourth-order valence-corrected chi connectivity index (χ4v) is 3.92. The molecule has 0 saturated carbocycles. The van der Waals surface area contributed by atoms with Crippen LogP contribution in [0.1, 0.15) is 26.3 Å². The largest absolute Gasteiger partial charge is 0.352 e. The maximum absolute atomic E-state index is 14.7. The summed E-state index contributed by atoms with van der Waals surface area (Å²) >= 11 is 0. The Morgan fingerprint density at radius 3 is 2.67 bits per heavy atom. The Labute approximate surface area is 156 Å². The highest BCUT2D eigenvalue weighted by Gasteiger charge is 2.24. The van der Waals surface area contributed by atoms with Crippen molar-refractivity contribution in [2.24, 2.45) is 0 Å². The van der Waals surface area contributed by atoms with Crippen LogP contribution in [0.3, 0.4) is 0 Å². The van der Waals surface area contributed by atoms with Crippen LogP contribution in [0, 0.1) is 5.82 Å². The van der Waals surface area contributed by atoms with E-state index in [0.29, 0.717) is 0 Å². The van der Waals surface area contributed by atoms with E-state index < -0.39 is 15.8 Å². The first-order valence-corrected chi connectivity index (χ1v) is 9.63. The number of hydrogen-bond acceptors (Lipinski definition) is 4. The topological polar surface area (TPSA) is 95.6 Å². The molecule has 0 aliphatic carbocycles. The van der Waals surface area contributed by atoms with Crippen molar-refractivity contribution in [3.8, 4) is 0 Å². The van der Waals surface area contributed by atoms with Crippen LogP contribution in [0.15, 0.2) is 41.3 Å². The molecule has 0 atom stereocenters. The van der Waals surface area contributed by atoms with Crippen LogP contribution in [0.2, 0.25) is 0 Å². The van der Waals surface area contributed by atoms with E-state index in [1.54, 1.807) is 14.1 Å². The molecule has 0 fully saturated rings. The summed E-state index contributed by atoms with van der Waals surface area (Å²) in [6, 6.07) is 8.09. The highest BCUT2D eigenvalue weighted by atomic mass is 32.2. The van der Waals surface area contributed by atoms with Crippen molar-refractivity contribution in [1.29, 1.82) is 0 Å². The monoisotopic (exact) mass is 391 g/mol. The second-order valence-corrected chi connectivity index (χ2v) is 7.97. The van der Waals surface area contributed by atoms with Crippen LogP contribution in [0.4, 0.5) is 10.1 Å². The number of carbonyl (C=O) groups excluding carboxylic acids is 2. The number of hydrogen-bond donors (Lipinski definition) is 2. The van der Waals surface area contributed by atoms with Crippen LogP contribution in [0.25, 0.3) is 0 Å². The van der Waals surface area contributed by atoms with Gasteiger partial charge < -0.3 is 10.2 Å². The summed E-state index contributed by atoms with van der Waals surface area (Å²) < 4.78 is 42.2. The number of benzene rings is 2. The zero-order valence-electron chi connectivity index (χ0n) is 14.7. The van der Waals surface area contributed by atoms with Crippen LogP contribution in [0.5, 0.6) is 0 Å². The van der Waals surface area contributed by atoms with Gasteiger partial charge in [0.05, 0.1) is 10.6 Å². The first-order valence-electron chi connectivity index (χ1n) is 8.15. The lowest BCUT2D eigenvalue weighted by Gasteiger charge is -2.19. The van der Waals surface area contributed by atoms with E-state index in [4.69, 9.17) is 0 Å². The van der Waals surface area contributed by atoms with Gasteiger partial charge in [0.15, 0.2) is 5.82 Å². The maximum Gasteiger partial charge on any atom is 0.262 e. The molecule has 2 aromatic rings. The van der Waals surface area contributed by atoms with Gasteiger partial charge in [-0.2, -0.15) is 0 Å². The Hall–Kier alpha value is -2.94. The molecule has 0 spiro atoms. The van der Waals surface area contributed by atoms with Gasteiger partial charge in [-0.1, -0.05) is 6.07 Å². The van der Waals surface area contributed by atoms with Crippen molar-refractivity contribution >= 4 is 27.5 Å². The van der Waals surface area contributed by atoms with Gasteiger partial charge in [-0.15, -0.1) is 0 Å². The number of rotatable bonds is 4. The molecule has 0 unspecified atom stereocenters. The number of sulfonamides is 1. The van der Waals surface area contributed by atoms with E-state index in [1.165, 1.54) is 41.3 Å². The minimum absolute atomic E-state index is 0.162. The molecular formula is C18H18FN3O4S. The fraction of sp³-hybridized carbons (Fsp3) is 0.222. The van der Waals surface area contributed by atoms with Crippen LogP contribution >= 0.6 is 0 Å². The number of nitrogens with one attached hydrogen (secondary N) is 2. The van der Waals surface area contributed by atoms with Crippen molar-refractivity contribution < 1.29 is 22.4 Å².